The third kappa shape index (κ3) is 4.73. The number of rotatable bonds is 8. The molecule has 0 saturated heterocycles. The Balaban J connectivity index is 1.50. The maximum Gasteiger partial charge on any atom is 0.260 e. The molecule has 0 radical (unpaired) electrons. The number of para-hydroxylation sites is 1. The summed E-state index contributed by atoms with van der Waals surface area (Å²) in [6, 6.07) is 15.3. The number of amides is 1. The van der Waals surface area contributed by atoms with Crippen LogP contribution in [0.1, 0.15) is 18.4 Å². The third-order valence-electron chi connectivity index (χ3n) is 3.80. The van der Waals surface area contributed by atoms with Crippen molar-refractivity contribution in [1.82, 2.24) is 9.88 Å². The number of nitrogens with zero attached hydrogens (tertiary/aromatic N) is 2. The molecule has 26 heavy (non-hydrogen) atoms. The summed E-state index contributed by atoms with van der Waals surface area (Å²) in [4.78, 5) is 18.5. The van der Waals surface area contributed by atoms with Crippen LogP contribution in [0.2, 0.25) is 0 Å². The van der Waals surface area contributed by atoms with Gasteiger partial charge in [0.1, 0.15) is 16.5 Å². The minimum absolute atomic E-state index is 0.00341. The maximum atomic E-state index is 12.3. The van der Waals surface area contributed by atoms with E-state index in [1.807, 2.05) is 48.5 Å². The number of aromatic nitrogens is 1. The van der Waals surface area contributed by atoms with Crippen LogP contribution in [-0.2, 0) is 11.3 Å². The van der Waals surface area contributed by atoms with Gasteiger partial charge in [0.05, 0.1) is 23.4 Å². The molecule has 0 aliphatic heterocycles. The molecule has 1 amide bonds. The van der Waals surface area contributed by atoms with Gasteiger partial charge in [-0.05, 0) is 42.8 Å². The summed E-state index contributed by atoms with van der Waals surface area (Å²) in [5, 5.41) is 0.916. The van der Waals surface area contributed by atoms with Gasteiger partial charge in [0.25, 0.3) is 5.91 Å². The Morgan fingerprint density at radius 2 is 1.77 bits per heavy atom. The highest BCUT2D eigenvalue weighted by Gasteiger charge is 2.13. The van der Waals surface area contributed by atoms with E-state index in [4.69, 9.17) is 9.47 Å². The molecule has 0 fully saturated rings. The molecular formula is C20H22N2O3S. The normalized spacial score (nSPS) is 10.7. The van der Waals surface area contributed by atoms with E-state index in [1.165, 1.54) is 0 Å². The quantitative estimate of drug-likeness (QED) is 0.598. The van der Waals surface area contributed by atoms with Crippen LogP contribution in [0, 0.1) is 0 Å². The summed E-state index contributed by atoms with van der Waals surface area (Å²) in [7, 11) is 1.76. The van der Waals surface area contributed by atoms with Gasteiger partial charge >= 0.3 is 0 Å². The Labute approximate surface area is 157 Å². The Morgan fingerprint density at radius 3 is 2.46 bits per heavy atom. The van der Waals surface area contributed by atoms with Gasteiger partial charge in [-0.15, -0.1) is 11.3 Å². The van der Waals surface area contributed by atoms with Gasteiger partial charge in [-0.25, -0.2) is 4.98 Å². The molecule has 2 aromatic carbocycles. The van der Waals surface area contributed by atoms with E-state index in [2.05, 4.69) is 11.9 Å². The zero-order valence-electron chi connectivity index (χ0n) is 15.0. The number of hydrogen-bond donors (Lipinski definition) is 0. The molecule has 0 aliphatic carbocycles. The van der Waals surface area contributed by atoms with Crippen molar-refractivity contribution in [3.05, 3.63) is 53.5 Å². The van der Waals surface area contributed by atoms with Crippen molar-refractivity contribution in [3.63, 3.8) is 0 Å². The molecule has 0 spiro atoms. The molecule has 0 atom stereocenters. The predicted octanol–water partition coefficient (Wildman–Crippen LogP) is 4.12. The van der Waals surface area contributed by atoms with Crippen molar-refractivity contribution in [3.8, 4) is 11.5 Å². The second-order valence-corrected chi connectivity index (χ2v) is 7.05. The molecule has 0 saturated carbocycles. The molecule has 5 nitrogen and oxygen atoms in total. The molecule has 3 aromatic rings. The Morgan fingerprint density at radius 1 is 1.08 bits per heavy atom. The largest absolute Gasteiger partial charge is 0.494 e. The minimum Gasteiger partial charge on any atom is -0.494 e. The van der Waals surface area contributed by atoms with Crippen molar-refractivity contribution in [2.75, 3.05) is 20.3 Å². The highest BCUT2D eigenvalue weighted by atomic mass is 32.1. The number of ether oxygens (including phenoxy) is 2. The van der Waals surface area contributed by atoms with E-state index in [-0.39, 0.29) is 12.5 Å². The van der Waals surface area contributed by atoms with Gasteiger partial charge < -0.3 is 14.4 Å². The van der Waals surface area contributed by atoms with Gasteiger partial charge in [0.15, 0.2) is 6.61 Å². The Bertz CT molecular complexity index is 828. The number of hydrogen-bond acceptors (Lipinski definition) is 5. The summed E-state index contributed by atoms with van der Waals surface area (Å²) in [6.07, 6.45) is 0.966. The zero-order valence-corrected chi connectivity index (χ0v) is 15.8. The van der Waals surface area contributed by atoms with Gasteiger partial charge in [0, 0.05) is 7.05 Å². The van der Waals surface area contributed by atoms with Crippen molar-refractivity contribution < 1.29 is 14.3 Å². The molecule has 0 aliphatic rings. The fourth-order valence-corrected chi connectivity index (χ4v) is 3.41. The van der Waals surface area contributed by atoms with Gasteiger partial charge in [-0.1, -0.05) is 19.1 Å². The fraction of sp³-hybridized carbons (Fsp3) is 0.300. The number of carbonyl (C=O) groups is 1. The van der Waals surface area contributed by atoms with E-state index in [1.54, 1.807) is 23.3 Å². The lowest BCUT2D eigenvalue weighted by Crippen LogP contribution is -2.30. The van der Waals surface area contributed by atoms with Gasteiger partial charge in [0.2, 0.25) is 0 Å². The fourth-order valence-electron chi connectivity index (χ4n) is 2.39. The SMILES string of the molecule is CCCOc1ccc(OCC(=O)N(C)Cc2nc3ccccc3s2)cc1. The van der Waals surface area contributed by atoms with Crippen LogP contribution in [0.4, 0.5) is 0 Å². The van der Waals surface area contributed by atoms with Crippen molar-refractivity contribution >= 4 is 27.5 Å². The van der Waals surface area contributed by atoms with Crippen LogP contribution < -0.4 is 9.47 Å². The van der Waals surface area contributed by atoms with E-state index < -0.39 is 0 Å². The lowest BCUT2D eigenvalue weighted by Gasteiger charge is -2.16. The van der Waals surface area contributed by atoms with E-state index in [0.29, 0.717) is 18.9 Å². The molecule has 6 heteroatoms. The first-order chi connectivity index (χ1) is 12.7. The van der Waals surface area contributed by atoms with E-state index >= 15 is 0 Å². The van der Waals surface area contributed by atoms with Crippen LogP contribution in [0.5, 0.6) is 11.5 Å². The van der Waals surface area contributed by atoms with Gasteiger partial charge in [-0.3, -0.25) is 4.79 Å². The van der Waals surface area contributed by atoms with E-state index in [0.717, 1.165) is 27.4 Å². The van der Waals surface area contributed by atoms with Crippen LogP contribution in [0.15, 0.2) is 48.5 Å². The molecule has 0 unspecified atom stereocenters. The van der Waals surface area contributed by atoms with Crippen molar-refractivity contribution in [2.24, 2.45) is 0 Å². The standard InChI is InChI=1S/C20H22N2O3S/c1-3-12-24-15-8-10-16(11-9-15)25-14-20(23)22(2)13-19-21-17-6-4-5-7-18(17)26-19/h4-11H,3,12-14H2,1-2H3. The third-order valence-corrected chi connectivity index (χ3v) is 4.82. The number of thiazole rings is 1. The summed E-state index contributed by atoms with van der Waals surface area (Å²) in [5.41, 5.74) is 0.968. The Kier molecular flexibility index (Phi) is 6.07. The highest BCUT2D eigenvalue weighted by Crippen LogP contribution is 2.22. The zero-order chi connectivity index (χ0) is 18.4. The summed E-state index contributed by atoms with van der Waals surface area (Å²) in [6.45, 7) is 3.23. The maximum absolute atomic E-state index is 12.3. The minimum atomic E-state index is -0.0874. The first-order valence-corrected chi connectivity index (χ1v) is 9.41. The first-order valence-electron chi connectivity index (χ1n) is 8.60. The highest BCUT2D eigenvalue weighted by molar-refractivity contribution is 7.18. The average molecular weight is 370 g/mol. The molecule has 0 bridgehead atoms. The van der Waals surface area contributed by atoms with Crippen LogP contribution in [0.25, 0.3) is 10.2 Å². The molecule has 3 rings (SSSR count). The molecular weight excluding hydrogens is 348 g/mol. The van der Waals surface area contributed by atoms with Crippen LogP contribution in [0.3, 0.4) is 0 Å². The number of fused-ring (bicyclic) bond motifs is 1. The summed E-state index contributed by atoms with van der Waals surface area (Å²) >= 11 is 1.61. The second kappa shape index (κ2) is 8.67. The number of likely N-dealkylation sites (N-methyl/N-ethyl adjacent to an activating group) is 1. The number of carbonyl (C=O) groups excluding carboxylic acids is 1. The lowest BCUT2D eigenvalue weighted by molar-refractivity contribution is -0.132. The van der Waals surface area contributed by atoms with E-state index in [9.17, 15) is 4.79 Å². The van der Waals surface area contributed by atoms with Crippen molar-refractivity contribution in [1.29, 1.82) is 0 Å². The number of benzene rings is 2. The van der Waals surface area contributed by atoms with Crippen LogP contribution in [-0.4, -0.2) is 36.1 Å². The molecule has 136 valence electrons. The topological polar surface area (TPSA) is 51.7 Å². The molecule has 1 aromatic heterocycles. The summed E-state index contributed by atoms with van der Waals surface area (Å²) < 4.78 is 12.2. The van der Waals surface area contributed by atoms with Crippen LogP contribution >= 0.6 is 11.3 Å². The molecule has 1 heterocycles. The monoisotopic (exact) mass is 370 g/mol. The van der Waals surface area contributed by atoms with Gasteiger partial charge in [-0.2, -0.15) is 0 Å². The van der Waals surface area contributed by atoms with Crippen molar-refractivity contribution in [2.45, 2.75) is 19.9 Å². The Hall–Kier alpha value is -2.60. The summed E-state index contributed by atoms with van der Waals surface area (Å²) in [5.74, 6) is 1.37. The lowest BCUT2D eigenvalue weighted by atomic mass is 10.3. The molecule has 0 N–H and O–H groups in total. The predicted molar refractivity (Wildman–Crippen MR) is 104 cm³/mol. The average Bonchev–Trinajstić information content (AvgIpc) is 3.07. The first kappa shape index (κ1) is 18.2. The second-order valence-electron chi connectivity index (χ2n) is 5.93. The smallest absolute Gasteiger partial charge is 0.260 e.